The molecule has 3 N–H and O–H groups in total. The van der Waals surface area contributed by atoms with E-state index in [4.69, 9.17) is 20.8 Å². The van der Waals surface area contributed by atoms with E-state index in [1.54, 1.807) is 24.1 Å². The molecule has 234 valence electrons. The molecule has 3 aromatic carbocycles. The third-order valence-electron chi connectivity index (χ3n) is 8.47. The van der Waals surface area contributed by atoms with Gasteiger partial charge in [0.1, 0.15) is 5.52 Å². The van der Waals surface area contributed by atoms with E-state index in [2.05, 4.69) is 20.5 Å². The number of aliphatic carboxylic acids is 1. The zero-order valence-electron chi connectivity index (χ0n) is 24.7. The molecule has 0 aliphatic carbocycles. The highest BCUT2D eigenvalue weighted by Crippen LogP contribution is 2.32. The van der Waals surface area contributed by atoms with Gasteiger partial charge in [-0.1, -0.05) is 41.9 Å². The van der Waals surface area contributed by atoms with E-state index in [1.165, 1.54) is 0 Å². The average molecular weight is 632 g/mol. The first-order chi connectivity index (χ1) is 21.8. The van der Waals surface area contributed by atoms with Crippen LogP contribution in [0.25, 0.3) is 11.1 Å². The molecule has 1 amide bonds. The molecule has 0 bridgehead atoms. The van der Waals surface area contributed by atoms with E-state index < -0.39 is 23.8 Å². The van der Waals surface area contributed by atoms with Gasteiger partial charge in [-0.2, -0.15) is 4.98 Å². The number of fused-ring (bicyclic) bond motifs is 1. The number of rotatable bonds is 10. The van der Waals surface area contributed by atoms with Crippen LogP contribution in [0.5, 0.6) is 0 Å². The van der Waals surface area contributed by atoms with Gasteiger partial charge in [-0.15, -0.1) is 0 Å². The predicted octanol–water partition coefficient (Wildman–Crippen LogP) is 4.29. The van der Waals surface area contributed by atoms with Crippen LogP contribution in [-0.4, -0.2) is 79.1 Å². The molecule has 2 fully saturated rings. The highest BCUT2D eigenvalue weighted by molar-refractivity contribution is 6.33. The highest BCUT2D eigenvalue weighted by Gasteiger charge is 2.42. The zero-order valence-corrected chi connectivity index (χ0v) is 25.5. The largest absolute Gasteiger partial charge is 0.481 e. The number of carbonyl (C=O) groups excluding carboxylic acids is 2. The molecule has 3 heterocycles. The fourth-order valence-corrected chi connectivity index (χ4v) is 6.14. The fraction of sp³-hybridized carbons (Fsp3) is 0.333. The van der Waals surface area contributed by atoms with Gasteiger partial charge in [0.05, 0.1) is 42.3 Å². The van der Waals surface area contributed by atoms with Gasteiger partial charge in [-0.3, -0.25) is 19.3 Å². The Labute approximate surface area is 265 Å². The normalized spacial score (nSPS) is 19.3. The number of amides is 1. The molecular formula is C33H34ClN5O6. The summed E-state index contributed by atoms with van der Waals surface area (Å²) >= 11 is 6.23. The zero-order chi connectivity index (χ0) is 31.5. The van der Waals surface area contributed by atoms with E-state index in [1.807, 2.05) is 54.6 Å². The summed E-state index contributed by atoms with van der Waals surface area (Å²) in [7, 11) is 1.71. The number of Topliss-reactive ketones (excluding diaryl/α,β-unsaturated/α-hetero) is 1. The molecule has 45 heavy (non-hydrogen) atoms. The molecule has 2 aliphatic rings. The van der Waals surface area contributed by atoms with Gasteiger partial charge in [0.2, 0.25) is 5.91 Å². The number of benzene rings is 3. The molecule has 0 spiro atoms. The molecule has 2 aliphatic heterocycles. The Morgan fingerprint density at radius 2 is 1.80 bits per heavy atom. The van der Waals surface area contributed by atoms with Crippen molar-refractivity contribution in [2.75, 3.05) is 56.7 Å². The first-order valence-corrected chi connectivity index (χ1v) is 15.2. The van der Waals surface area contributed by atoms with Crippen molar-refractivity contribution in [3.63, 3.8) is 0 Å². The first kappa shape index (κ1) is 30.7. The average Bonchev–Trinajstić information content (AvgIpc) is 3.70. The molecule has 0 saturated carbocycles. The van der Waals surface area contributed by atoms with Gasteiger partial charge >= 0.3 is 5.97 Å². The van der Waals surface area contributed by atoms with E-state index in [-0.39, 0.29) is 24.7 Å². The topological polar surface area (TPSA) is 137 Å². The van der Waals surface area contributed by atoms with Crippen molar-refractivity contribution in [3.05, 3.63) is 82.9 Å². The van der Waals surface area contributed by atoms with Crippen LogP contribution in [0.15, 0.2) is 71.1 Å². The Kier molecular flexibility index (Phi) is 9.13. The summed E-state index contributed by atoms with van der Waals surface area (Å²) in [5.41, 5.74) is 4.08. The van der Waals surface area contributed by atoms with E-state index in [0.29, 0.717) is 66.4 Å². The predicted molar refractivity (Wildman–Crippen MR) is 170 cm³/mol. The first-order valence-electron chi connectivity index (χ1n) is 14.8. The van der Waals surface area contributed by atoms with Gasteiger partial charge in [0.25, 0.3) is 6.01 Å². The van der Waals surface area contributed by atoms with Crippen LogP contribution in [0.4, 0.5) is 17.4 Å². The molecule has 4 aromatic rings. The number of halogens is 1. The molecule has 3 atom stereocenters. The van der Waals surface area contributed by atoms with Crippen LogP contribution in [0.3, 0.4) is 0 Å². The minimum Gasteiger partial charge on any atom is -0.481 e. The van der Waals surface area contributed by atoms with Crippen molar-refractivity contribution in [2.45, 2.75) is 12.5 Å². The quantitative estimate of drug-likeness (QED) is 0.232. The molecule has 11 nitrogen and oxygen atoms in total. The van der Waals surface area contributed by atoms with Crippen LogP contribution in [0, 0.1) is 11.8 Å². The summed E-state index contributed by atoms with van der Waals surface area (Å²) in [6.45, 7) is 2.76. The number of oxazole rings is 1. The number of hydrogen-bond acceptors (Lipinski definition) is 9. The third-order valence-corrected chi connectivity index (χ3v) is 8.80. The Balaban J connectivity index is 1.15. The molecular weight excluding hydrogens is 598 g/mol. The van der Waals surface area contributed by atoms with Crippen LogP contribution >= 0.6 is 11.6 Å². The van der Waals surface area contributed by atoms with Gasteiger partial charge < -0.3 is 29.8 Å². The van der Waals surface area contributed by atoms with Crippen LogP contribution < -0.4 is 15.5 Å². The standard InChI is InChI=1S/C33H34ClN5O6/c1-38(29(40)17-20-6-11-27-28(16-20)45-33(37-27)36-26-5-3-2-4-25(26)34)22-9-7-21(8-10-22)30(39-12-14-44-15-13-39)31(41)23-18-35-19-24(23)32(42)43/h2-11,16,23-24,30,35H,12-15,17-19H2,1H3,(H,36,37)(H,42,43). The molecule has 3 unspecified atom stereocenters. The number of nitrogens with one attached hydrogen (secondary N) is 2. The van der Waals surface area contributed by atoms with Gasteiger partial charge in [-0.05, 0) is 47.5 Å². The number of anilines is 3. The lowest BCUT2D eigenvalue weighted by molar-refractivity contribution is -0.146. The van der Waals surface area contributed by atoms with Crippen molar-refractivity contribution < 1.29 is 28.6 Å². The summed E-state index contributed by atoms with van der Waals surface area (Å²) in [6, 6.07) is 19.8. The van der Waals surface area contributed by atoms with Crippen molar-refractivity contribution in [3.8, 4) is 0 Å². The van der Waals surface area contributed by atoms with E-state index >= 15 is 0 Å². The number of carbonyl (C=O) groups is 3. The number of aromatic nitrogens is 1. The lowest BCUT2D eigenvalue weighted by Crippen LogP contribution is -2.45. The second kappa shape index (κ2) is 13.4. The second-order valence-corrected chi connectivity index (χ2v) is 11.7. The monoisotopic (exact) mass is 631 g/mol. The number of nitrogens with zero attached hydrogens (tertiary/aromatic N) is 3. The van der Waals surface area contributed by atoms with Gasteiger partial charge in [-0.25, -0.2) is 0 Å². The van der Waals surface area contributed by atoms with Crippen LogP contribution in [-0.2, 0) is 25.5 Å². The Bertz CT molecular complexity index is 1700. The number of hydrogen-bond donors (Lipinski definition) is 3. The summed E-state index contributed by atoms with van der Waals surface area (Å²) < 4.78 is 11.4. The molecule has 0 radical (unpaired) electrons. The third kappa shape index (κ3) is 6.71. The molecule has 6 rings (SSSR count). The van der Waals surface area contributed by atoms with Gasteiger partial charge in [0, 0.05) is 44.8 Å². The summed E-state index contributed by atoms with van der Waals surface area (Å²) in [5.74, 6) is -2.58. The van der Waals surface area contributed by atoms with Gasteiger partial charge in [0.15, 0.2) is 11.4 Å². The number of ether oxygens (including phenoxy) is 1. The number of morpholine rings is 1. The number of likely N-dealkylation sites (N-methyl/N-ethyl adjacent to an activating group) is 1. The van der Waals surface area contributed by atoms with Crippen molar-refractivity contribution in [2.24, 2.45) is 11.8 Å². The van der Waals surface area contributed by atoms with Crippen LogP contribution in [0.1, 0.15) is 17.2 Å². The molecule has 1 aromatic heterocycles. The maximum Gasteiger partial charge on any atom is 0.308 e. The number of ketones is 1. The fourth-order valence-electron chi connectivity index (χ4n) is 5.96. The molecule has 12 heteroatoms. The summed E-state index contributed by atoms with van der Waals surface area (Å²) in [4.78, 5) is 47.0. The minimum absolute atomic E-state index is 0.112. The minimum atomic E-state index is -0.966. The number of carboxylic acids is 1. The van der Waals surface area contributed by atoms with Crippen molar-refractivity contribution in [1.82, 2.24) is 15.2 Å². The van der Waals surface area contributed by atoms with E-state index in [0.717, 1.165) is 11.1 Å². The Morgan fingerprint density at radius 3 is 2.53 bits per heavy atom. The number of para-hydroxylation sites is 1. The highest BCUT2D eigenvalue weighted by atomic mass is 35.5. The maximum atomic E-state index is 13.8. The smallest absolute Gasteiger partial charge is 0.308 e. The summed E-state index contributed by atoms with van der Waals surface area (Å²) in [6.07, 6.45) is 0.141. The second-order valence-electron chi connectivity index (χ2n) is 11.3. The Hall–Kier alpha value is -4.29. The SMILES string of the molecule is CN(C(=O)Cc1ccc2nc(Nc3ccccc3Cl)oc2c1)c1ccc(C(C(=O)C2CNCC2C(=O)O)N2CCOCC2)cc1. The Morgan fingerprint density at radius 1 is 1.07 bits per heavy atom. The lowest BCUT2D eigenvalue weighted by atomic mass is 9.85. The lowest BCUT2D eigenvalue weighted by Gasteiger charge is -2.35. The maximum absolute atomic E-state index is 13.8. The van der Waals surface area contributed by atoms with Crippen LogP contribution in [0.2, 0.25) is 5.02 Å². The van der Waals surface area contributed by atoms with Crippen molar-refractivity contribution >= 4 is 57.7 Å². The number of carboxylic acid groups (broad SMARTS) is 1. The summed E-state index contributed by atoms with van der Waals surface area (Å²) in [5, 5.41) is 16.4. The van der Waals surface area contributed by atoms with E-state index in [9.17, 15) is 19.5 Å². The van der Waals surface area contributed by atoms with Crippen molar-refractivity contribution in [1.29, 1.82) is 0 Å². The molecule has 2 saturated heterocycles.